The summed E-state index contributed by atoms with van der Waals surface area (Å²) in [6, 6.07) is 10.8. The summed E-state index contributed by atoms with van der Waals surface area (Å²) < 4.78 is 16.5. The molecule has 0 aliphatic carbocycles. The standard InChI is InChI=1S/C15H16N2O4/c18-15(16-8-11-4-3-7-19-11)17-9-12-10-20-13-5-1-2-6-14(13)21-12/h1-7,12H,8-10H2,(H2,16,17,18)/t12-/m0/s1. The molecule has 0 saturated carbocycles. The Morgan fingerprint density at radius 2 is 2.00 bits per heavy atom. The van der Waals surface area contributed by atoms with E-state index < -0.39 is 0 Å². The van der Waals surface area contributed by atoms with Crippen LogP contribution in [0.1, 0.15) is 5.76 Å². The average molecular weight is 288 g/mol. The predicted octanol–water partition coefficient (Wildman–Crippen LogP) is 1.92. The number of furan rings is 1. The third-order valence-corrected chi connectivity index (χ3v) is 3.06. The first-order chi connectivity index (χ1) is 10.3. The van der Waals surface area contributed by atoms with Crippen LogP contribution in [0.3, 0.4) is 0 Å². The number of hydrogen-bond acceptors (Lipinski definition) is 4. The van der Waals surface area contributed by atoms with Crippen molar-refractivity contribution in [1.29, 1.82) is 0 Å². The van der Waals surface area contributed by atoms with Crippen molar-refractivity contribution < 1.29 is 18.7 Å². The number of para-hydroxylation sites is 2. The van der Waals surface area contributed by atoms with Gasteiger partial charge in [0.05, 0.1) is 19.4 Å². The topological polar surface area (TPSA) is 72.7 Å². The van der Waals surface area contributed by atoms with E-state index in [1.54, 1.807) is 18.4 Å². The molecule has 1 aliphatic rings. The van der Waals surface area contributed by atoms with Crippen LogP contribution in [0.15, 0.2) is 47.1 Å². The number of nitrogens with one attached hydrogen (secondary N) is 2. The largest absolute Gasteiger partial charge is 0.486 e. The lowest BCUT2D eigenvalue weighted by Crippen LogP contribution is -2.44. The highest BCUT2D eigenvalue weighted by molar-refractivity contribution is 5.73. The minimum atomic E-state index is -0.270. The number of benzene rings is 1. The van der Waals surface area contributed by atoms with Crippen LogP contribution in [0.4, 0.5) is 4.79 Å². The summed E-state index contributed by atoms with van der Waals surface area (Å²) in [5.74, 6) is 2.14. The summed E-state index contributed by atoms with van der Waals surface area (Å²) in [6.45, 7) is 1.14. The van der Waals surface area contributed by atoms with Gasteiger partial charge in [0.1, 0.15) is 12.4 Å². The Kier molecular flexibility index (Phi) is 3.95. The first-order valence-electron chi connectivity index (χ1n) is 6.74. The molecule has 2 heterocycles. The van der Waals surface area contributed by atoms with E-state index in [0.717, 1.165) is 5.75 Å². The summed E-state index contributed by atoms with van der Waals surface area (Å²) in [4.78, 5) is 11.7. The summed E-state index contributed by atoms with van der Waals surface area (Å²) in [5, 5.41) is 5.45. The maximum Gasteiger partial charge on any atom is 0.315 e. The fraction of sp³-hybridized carbons (Fsp3) is 0.267. The SMILES string of the molecule is O=C(NCc1ccco1)NC[C@H]1COc2ccccc2O1. The van der Waals surface area contributed by atoms with Crippen molar-refractivity contribution in [2.75, 3.05) is 13.2 Å². The maximum atomic E-state index is 11.7. The van der Waals surface area contributed by atoms with Crippen LogP contribution in [0.5, 0.6) is 11.5 Å². The number of amides is 2. The molecule has 6 nitrogen and oxygen atoms in total. The number of rotatable bonds is 4. The third-order valence-electron chi connectivity index (χ3n) is 3.06. The van der Waals surface area contributed by atoms with Crippen LogP contribution >= 0.6 is 0 Å². The van der Waals surface area contributed by atoms with Crippen LogP contribution in [0.25, 0.3) is 0 Å². The molecule has 1 aromatic heterocycles. The molecule has 1 aromatic carbocycles. The Morgan fingerprint density at radius 3 is 2.81 bits per heavy atom. The zero-order valence-corrected chi connectivity index (χ0v) is 11.4. The van der Waals surface area contributed by atoms with Crippen LogP contribution in [0.2, 0.25) is 0 Å². The van der Waals surface area contributed by atoms with E-state index in [2.05, 4.69) is 10.6 Å². The van der Waals surface area contributed by atoms with Gasteiger partial charge >= 0.3 is 6.03 Å². The minimum Gasteiger partial charge on any atom is -0.486 e. The van der Waals surface area contributed by atoms with Crippen molar-refractivity contribution in [1.82, 2.24) is 10.6 Å². The second-order valence-corrected chi connectivity index (χ2v) is 4.64. The number of carbonyl (C=O) groups excluding carboxylic acids is 1. The highest BCUT2D eigenvalue weighted by atomic mass is 16.6. The quantitative estimate of drug-likeness (QED) is 0.901. The van der Waals surface area contributed by atoms with Crippen molar-refractivity contribution in [3.8, 4) is 11.5 Å². The van der Waals surface area contributed by atoms with Crippen molar-refractivity contribution in [2.24, 2.45) is 0 Å². The summed E-state index contributed by atoms with van der Waals surface area (Å²) in [5.41, 5.74) is 0. The van der Waals surface area contributed by atoms with E-state index in [1.807, 2.05) is 24.3 Å². The zero-order valence-electron chi connectivity index (χ0n) is 11.4. The zero-order chi connectivity index (χ0) is 14.5. The van der Waals surface area contributed by atoms with Gasteiger partial charge in [-0.2, -0.15) is 0 Å². The van der Waals surface area contributed by atoms with Gasteiger partial charge in [-0.25, -0.2) is 4.79 Å². The molecule has 1 aliphatic heterocycles. The van der Waals surface area contributed by atoms with Crippen LogP contribution < -0.4 is 20.1 Å². The smallest absolute Gasteiger partial charge is 0.315 e. The van der Waals surface area contributed by atoms with Gasteiger partial charge in [0.25, 0.3) is 0 Å². The molecule has 2 N–H and O–H groups in total. The van der Waals surface area contributed by atoms with Gasteiger partial charge in [-0.15, -0.1) is 0 Å². The molecule has 0 unspecified atom stereocenters. The Morgan fingerprint density at radius 1 is 1.14 bits per heavy atom. The Balaban J connectivity index is 1.42. The highest BCUT2D eigenvalue weighted by Gasteiger charge is 2.20. The predicted molar refractivity (Wildman–Crippen MR) is 75.3 cm³/mol. The minimum absolute atomic E-state index is 0.200. The summed E-state index contributed by atoms with van der Waals surface area (Å²) >= 11 is 0. The number of hydrogen-bond donors (Lipinski definition) is 2. The normalized spacial score (nSPS) is 16.3. The Bertz CT molecular complexity index is 597. The molecule has 2 aromatic rings. The second-order valence-electron chi connectivity index (χ2n) is 4.64. The lowest BCUT2D eigenvalue weighted by Gasteiger charge is -2.26. The molecule has 21 heavy (non-hydrogen) atoms. The van der Waals surface area contributed by atoms with E-state index >= 15 is 0 Å². The van der Waals surface area contributed by atoms with Gasteiger partial charge in [0, 0.05) is 0 Å². The lowest BCUT2D eigenvalue weighted by atomic mass is 10.2. The monoisotopic (exact) mass is 288 g/mol. The first kappa shape index (κ1) is 13.4. The molecule has 6 heteroatoms. The first-order valence-corrected chi connectivity index (χ1v) is 6.74. The highest BCUT2D eigenvalue weighted by Crippen LogP contribution is 2.30. The maximum absolute atomic E-state index is 11.7. The van der Waals surface area contributed by atoms with Crippen LogP contribution in [0, 0.1) is 0 Å². The summed E-state index contributed by atoms with van der Waals surface area (Å²) in [6.07, 6.45) is 1.37. The summed E-state index contributed by atoms with van der Waals surface area (Å²) in [7, 11) is 0. The molecule has 1 atom stereocenters. The van der Waals surface area contributed by atoms with Gasteiger partial charge in [-0.3, -0.25) is 0 Å². The molecule has 0 saturated heterocycles. The van der Waals surface area contributed by atoms with Gasteiger partial charge in [-0.05, 0) is 24.3 Å². The van der Waals surface area contributed by atoms with Crippen molar-refractivity contribution in [2.45, 2.75) is 12.6 Å². The molecular weight excluding hydrogens is 272 g/mol. The van der Waals surface area contributed by atoms with Crippen LogP contribution in [-0.4, -0.2) is 25.3 Å². The van der Waals surface area contributed by atoms with Crippen molar-refractivity contribution in [3.05, 3.63) is 48.4 Å². The Hall–Kier alpha value is -2.63. The van der Waals surface area contributed by atoms with Gasteiger partial charge in [0.2, 0.25) is 0 Å². The molecule has 0 spiro atoms. The molecule has 3 rings (SSSR count). The van der Waals surface area contributed by atoms with Crippen LogP contribution in [-0.2, 0) is 6.54 Å². The fourth-order valence-corrected chi connectivity index (χ4v) is 2.01. The Labute approximate surface area is 122 Å². The van der Waals surface area contributed by atoms with E-state index in [0.29, 0.717) is 31.2 Å². The van der Waals surface area contributed by atoms with Gasteiger partial charge in [-0.1, -0.05) is 12.1 Å². The molecule has 0 bridgehead atoms. The van der Waals surface area contributed by atoms with Gasteiger partial charge in [0.15, 0.2) is 17.6 Å². The molecule has 2 amide bonds. The van der Waals surface area contributed by atoms with E-state index in [-0.39, 0.29) is 12.1 Å². The van der Waals surface area contributed by atoms with Crippen molar-refractivity contribution >= 4 is 6.03 Å². The number of ether oxygens (including phenoxy) is 2. The van der Waals surface area contributed by atoms with E-state index in [9.17, 15) is 4.79 Å². The third kappa shape index (κ3) is 3.47. The lowest BCUT2D eigenvalue weighted by molar-refractivity contribution is 0.0918. The van der Waals surface area contributed by atoms with E-state index in [1.165, 1.54) is 0 Å². The number of carbonyl (C=O) groups is 1. The average Bonchev–Trinajstić information content (AvgIpc) is 3.04. The second kappa shape index (κ2) is 6.21. The number of urea groups is 1. The van der Waals surface area contributed by atoms with Gasteiger partial charge < -0.3 is 24.5 Å². The molecule has 0 radical (unpaired) electrons. The molecule has 0 fully saturated rings. The fourth-order valence-electron chi connectivity index (χ4n) is 2.01. The van der Waals surface area contributed by atoms with E-state index in [4.69, 9.17) is 13.9 Å². The molecule has 110 valence electrons. The molecular formula is C15H16N2O4. The number of fused-ring (bicyclic) bond motifs is 1. The van der Waals surface area contributed by atoms with Crippen molar-refractivity contribution in [3.63, 3.8) is 0 Å².